The quantitative estimate of drug-likeness (QED) is 0.112. The highest BCUT2D eigenvalue weighted by atomic mass is 16.8. The third kappa shape index (κ3) is 12.8. The van der Waals surface area contributed by atoms with Gasteiger partial charge in [-0.1, -0.05) is 0 Å². The Morgan fingerprint density at radius 2 is 0.362 bits per heavy atom. The monoisotopic (exact) mass is 1010 g/mol. The van der Waals surface area contributed by atoms with Crippen molar-refractivity contribution in [1.82, 2.24) is 0 Å². The largest absolute Gasteiger partial charge is 0.376 e. The maximum Gasteiger partial charge on any atom is 0.187 e. The zero-order chi connectivity index (χ0) is 49.8. The molecule has 0 aromatic rings. The molecule has 6 rings (SSSR count). The summed E-state index contributed by atoms with van der Waals surface area (Å²) >= 11 is 0. The fourth-order valence-corrected chi connectivity index (χ4v) is 10.1. The molecule has 0 spiro atoms. The zero-order valence-corrected chi connectivity index (χ0v) is 42.3. The van der Waals surface area contributed by atoms with Crippen molar-refractivity contribution in [3.63, 3.8) is 0 Å². The lowest BCUT2D eigenvalue weighted by Gasteiger charge is -2.48. The van der Waals surface area contributed by atoms with Gasteiger partial charge in [0.15, 0.2) is 37.7 Å². The third-order valence-corrected chi connectivity index (χ3v) is 13.6. The topological polar surface area (TPSA) is 231 Å². The van der Waals surface area contributed by atoms with Crippen molar-refractivity contribution in [1.29, 1.82) is 0 Å². The fourth-order valence-electron chi connectivity index (χ4n) is 10.1. The lowest BCUT2D eigenvalue weighted by atomic mass is 10.0. The molecule has 6 saturated heterocycles. The molecule has 404 valence electrons. The first-order valence-corrected chi connectivity index (χ1v) is 23.0. The van der Waals surface area contributed by atoms with E-state index in [1.165, 1.54) is 35.5 Å². The second kappa shape index (κ2) is 28.1. The van der Waals surface area contributed by atoms with Crippen molar-refractivity contribution in [3.8, 4) is 0 Å². The number of hydrogen-bond acceptors (Lipinski definition) is 25. The highest BCUT2D eigenvalue weighted by Crippen LogP contribution is 2.36. The first-order chi connectivity index (χ1) is 33.6. The highest BCUT2D eigenvalue weighted by molar-refractivity contribution is 4.96. The maximum atomic E-state index is 6.58. The second-order valence-electron chi connectivity index (χ2n) is 17.0. The Hall–Kier alpha value is -1.00. The van der Waals surface area contributed by atoms with Gasteiger partial charge in [0.1, 0.15) is 110 Å². The Bertz CT molecular complexity index is 1340. The SMILES string of the molecule is CO[C@@H]1OC[C@@H](O[C@@H]2OC[C@@H](O[C@@H]3OC[C@@H](O[C@@H]4OC[C@@H](O[C@@H]5OC[C@@H](O[C@@H]6OC[C@@H](OC)[C@H](OC)[C@H]6OC)[C@H](OC)[C@H]5OC)[C@H](OC)[C@H]4OC)[C@H](OC)[C@H]3OC)[C@H](OC)[C@H]2OC)[C@H](OC)[C@H]1OC. The maximum absolute atomic E-state index is 6.58. The van der Waals surface area contributed by atoms with E-state index in [9.17, 15) is 0 Å². The minimum atomic E-state index is -0.954. The standard InChI is InChI=1S/C44H78O25/c1-45-21-15-60-40(34(53-9)27(21)46-2)66-23-17-62-42(36(55-11)29(23)48-4)68-25-19-64-44(38(57-13)31(25)50-6)69-26-20-63-43(37(56-12)32(26)51-7)67-24-18-61-41(35(54-10)30(24)49-5)65-22-16-59-39(58-14)33(52-8)28(22)47-3/h21-44H,15-20H2,1-14H3/t21-,22-,23-,24-,25-,26-,27+,28+,29+,30+,31+,32+,33-,34-,35-,36-,37-,38-,39-,40+,41+,42+,43+,44+/m1/s1. The Morgan fingerprint density at radius 1 is 0.188 bits per heavy atom. The Balaban J connectivity index is 1.05. The van der Waals surface area contributed by atoms with Gasteiger partial charge >= 0.3 is 0 Å². The van der Waals surface area contributed by atoms with Crippen LogP contribution in [0.2, 0.25) is 0 Å². The van der Waals surface area contributed by atoms with Gasteiger partial charge in [-0.15, -0.1) is 0 Å². The van der Waals surface area contributed by atoms with Crippen LogP contribution in [0.1, 0.15) is 0 Å². The summed E-state index contributed by atoms with van der Waals surface area (Å²) in [4.78, 5) is 0. The molecular weight excluding hydrogens is 928 g/mol. The molecule has 0 N–H and O–H groups in total. The van der Waals surface area contributed by atoms with Crippen molar-refractivity contribution < 1.29 is 118 Å². The van der Waals surface area contributed by atoms with Gasteiger partial charge in [0.05, 0.1) is 39.6 Å². The molecule has 6 heterocycles. The number of methoxy groups -OCH3 is 14. The van der Waals surface area contributed by atoms with Crippen LogP contribution < -0.4 is 0 Å². The van der Waals surface area contributed by atoms with E-state index in [1.54, 1.807) is 64.0 Å². The third-order valence-electron chi connectivity index (χ3n) is 13.6. The van der Waals surface area contributed by atoms with Crippen LogP contribution in [-0.2, 0) is 118 Å². The first-order valence-electron chi connectivity index (χ1n) is 23.0. The molecule has 6 aliphatic heterocycles. The van der Waals surface area contributed by atoms with Crippen LogP contribution in [0.25, 0.3) is 0 Å². The molecule has 24 atom stereocenters. The van der Waals surface area contributed by atoms with Crippen LogP contribution >= 0.6 is 0 Å². The minimum Gasteiger partial charge on any atom is -0.376 e. The van der Waals surface area contributed by atoms with E-state index in [-0.39, 0.29) is 45.7 Å². The highest BCUT2D eigenvalue weighted by Gasteiger charge is 2.54. The summed E-state index contributed by atoms with van der Waals surface area (Å²) in [6.07, 6.45) is -16.7. The number of hydrogen-bond donors (Lipinski definition) is 0. The predicted molar refractivity (Wildman–Crippen MR) is 230 cm³/mol. The van der Waals surface area contributed by atoms with Gasteiger partial charge in [-0.2, -0.15) is 0 Å². The van der Waals surface area contributed by atoms with Crippen LogP contribution in [0.15, 0.2) is 0 Å². The lowest BCUT2D eigenvalue weighted by Crippen LogP contribution is -2.64. The summed E-state index contributed by atoms with van der Waals surface area (Å²) in [5.74, 6) is 0. The summed E-state index contributed by atoms with van der Waals surface area (Å²) in [7, 11) is 21.7. The summed E-state index contributed by atoms with van der Waals surface area (Å²) in [5.41, 5.74) is 0. The number of rotatable bonds is 24. The smallest absolute Gasteiger partial charge is 0.187 e. The van der Waals surface area contributed by atoms with Crippen LogP contribution in [0.4, 0.5) is 0 Å². The van der Waals surface area contributed by atoms with Crippen LogP contribution in [0.3, 0.4) is 0 Å². The van der Waals surface area contributed by atoms with Gasteiger partial charge in [-0.05, 0) is 0 Å². The minimum absolute atomic E-state index is 0.0218. The lowest BCUT2D eigenvalue weighted by molar-refractivity contribution is -0.372. The number of ether oxygens (including phenoxy) is 25. The molecule has 25 heteroatoms. The molecule has 0 aliphatic carbocycles. The predicted octanol–water partition coefficient (Wildman–Crippen LogP) is -1.11. The fraction of sp³-hybridized carbons (Fsp3) is 1.00. The Morgan fingerprint density at radius 3 is 0.551 bits per heavy atom. The molecule has 69 heavy (non-hydrogen) atoms. The summed E-state index contributed by atoms with van der Waals surface area (Å²) in [5, 5.41) is 0. The van der Waals surface area contributed by atoms with Gasteiger partial charge in [-0.25, -0.2) is 0 Å². The molecule has 6 fully saturated rings. The molecule has 0 saturated carbocycles. The van der Waals surface area contributed by atoms with E-state index in [0.29, 0.717) is 0 Å². The molecular formula is C44H78O25. The second-order valence-corrected chi connectivity index (χ2v) is 17.0. The Kier molecular flexibility index (Phi) is 23.3. The average Bonchev–Trinajstić information content (AvgIpc) is 3.38. The van der Waals surface area contributed by atoms with E-state index < -0.39 is 142 Å². The summed E-state index contributed by atoms with van der Waals surface area (Å²) in [6, 6.07) is 0. The summed E-state index contributed by atoms with van der Waals surface area (Å²) < 4.78 is 151. The summed E-state index contributed by atoms with van der Waals surface area (Å²) in [6.45, 7) is 0.563. The van der Waals surface area contributed by atoms with Gasteiger partial charge in [-0.3, -0.25) is 0 Å². The van der Waals surface area contributed by atoms with Crippen LogP contribution in [0, 0.1) is 0 Å². The van der Waals surface area contributed by atoms with Crippen molar-refractivity contribution >= 4 is 0 Å². The molecule has 25 nitrogen and oxygen atoms in total. The van der Waals surface area contributed by atoms with E-state index >= 15 is 0 Å². The van der Waals surface area contributed by atoms with Crippen molar-refractivity contribution in [2.75, 3.05) is 139 Å². The van der Waals surface area contributed by atoms with E-state index in [2.05, 4.69) is 0 Å². The molecule has 0 bridgehead atoms. The Labute approximate surface area is 404 Å². The molecule has 0 aromatic carbocycles. The van der Waals surface area contributed by atoms with Gasteiger partial charge in [0.25, 0.3) is 0 Å². The van der Waals surface area contributed by atoms with Crippen molar-refractivity contribution in [2.45, 2.75) is 148 Å². The zero-order valence-electron chi connectivity index (χ0n) is 42.3. The van der Waals surface area contributed by atoms with E-state index in [1.807, 2.05) is 0 Å². The van der Waals surface area contributed by atoms with Gasteiger partial charge in [0.2, 0.25) is 0 Å². The van der Waals surface area contributed by atoms with Gasteiger partial charge in [0, 0.05) is 99.5 Å². The van der Waals surface area contributed by atoms with Crippen LogP contribution in [-0.4, -0.2) is 287 Å². The molecule has 0 unspecified atom stereocenters. The van der Waals surface area contributed by atoms with Crippen molar-refractivity contribution in [2.24, 2.45) is 0 Å². The molecule has 6 aliphatic rings. The average molecular weight is 1010 g/mol. The molecule has 0 aromatic heterocycles. The molecule has 0 radical (unpaired) electrons. The van der Waals surface area contributed by atoms with Gasteiger partial charge < -0.3 is 118 Å². The normalized spacial score (nSPS) is 45.7. The first kappa shape index (κ1) is 57.3. The van der Waals surface area contributed by atoms with Crippen molar-refractivity contribution in [3.05, 3.63) is 0 Å². The van der Waals surface area contributed by atoms with E-state index in [0.717, 1.165) is 0 Å². The van der Waals surface area contributed by atoms with Crippen LogP contribution in [0.5, 0.6) is 0 Å². The molecule has 0 amide bonds. The van der Waals surface area contributed by atoms with E-state index in [4.69, 9.17) is 118 Å².